The van der Waals surface area contributed by atoms with Crippen molar-refractivity contribution >= 4 is 16.1 Å². The molecule has 1 aromatic heterocycles. The van der Waals surface area contributed by atoms with Gasteiger partial charge in [0.15, 0.2) is 0 Å². The topological polar surface area (TPSA) is 72.4 Å². The molecule has 1 aromatic carbocycles. The number of hydrogen-bond donors (Lipinski definition) is 0. The van der Waals surface area contributed by atoms with Crippen molar-refractivity contribution in [2.75, 3.05) is 13.1 Å². The van der Waals surface area contributed by atoms with Gasteiger partial charge in [0, 0.05) is 30.8 Å². The zero-order valence-electron chi connectivity index (χ0n) is 14.1. The highest BCUT2D eigenvalue weighted by molar-refractivity contribution is 7.92. The van der Waals surface area contributed by atoms with Crippen molar-refractivity contribution in [3.8, 4) is 5.88 Å². The molecule has 1 aliphatic rings. The van der Waals surface area contributed by atoms with Gasteiger partial charge in [-0.05, 0) is 31.4 Å². The van der Waals surface area contributed by atoms with Crippen molar-refractivity contribution in [2.45, 2.75) is 25.9 Å². The van der Waals surface area contributed by atoms with Crippen LogP contribution in [0, 0.1) is 6.92 Å². The maximum Gasteiger partial charge on any atom is 0.236 e. The maximum atomic E-state index is 12.5. The van der Waals surface area contributed by atoms with E-state index >= 15 is 0 Å². The van der Waals surface area contributed by atoms with Gasteiger partial charge in [0.25, 0.3) is 0 Å². The molecule has 0 unspecified atom stereocenters. The lowest BCUT2D eigenvalue weighted by Crippen LogP contribution is -2.40. The maximum absolute atomic E-state index is 12.5. The van der Waals surface area contributed by atoms with Gasteiger partial charge in [-0.15, -0.1) is 0 Å². The molecule has 1 saturated heterocycles. The van der Waals surface area contributed by atoms with E-state index in [1.165, 1.54) is 16.0 Å². The number of ether oxygens (including phenoxy) is 1. The van der Waals surface area contributed by atoms with E-state index in [-0.39, 0.29) is 6.10 Å². The van der Waals surface area contributed by atoms with Gasteiger partial charge in [0.1, 0.15) is 12.4 Å². The van der Waals surface area contributed by atoms with Crippen molar-refractivity contribution < 1.29 is 13.2 Å². The monoisotopic (exact) mass is 359 g/mol. The zero-order chi connectivity index (χ0) is 17.7. The highest BCUT2D eigenvalue weighted by Crippen LogP contribution is 2.20. The SMILES string of the molecule is Cc1ccc(/C=C/S(=O)(=O)N2CCC(Oc3ccncn3)CC2)cc1. The van der Waals surface area contributed by atoms with E-state index in [0.29, 0.717) is 31.8 Å². The summed E-state index contributed by atoms with van der Waals surface area (Å²) in [5.74, 6) is 0.524. The Hall–Kier alpha value is -2.25. The van der Waals surface area contributed by atoms with Crippen LogP contribution in [-0.4, -0.2) is 41.9 Å². The quantitative estimate of drug-likeness (QED) is 0.821. The second kappa shape index (κ2) is 7.76. The van der Waals surface area contributed by atoms with E-state index < -0.39 is 10.0 Å². The van der Waals surface area contributed by atoms with E-state index in [1.807, 2.05) is 31.2 Å². The largest absolute Gasteiger partial charge is 0.474 e. The minimum atomic E-state index is -3.42. The smallest absolute Gasteiger partial charge is 0.236 e. The summed E-state index contributed by atoms with van der Waals surface area (Å²) in [4.78, 5) is 7.88. The van der Waals surface area contributed by atoms with Crippen molar-refractivity contribution in [1.29, 1.82) is 0 Å². The number of nitrogens with zero attached hydrogens (tertiary/aromatic N) is 3. The number of benzene rings is 1. The standard InChI is InChI=1S/C18H21N3O3S/c1-15-2-4-16(5-3-15)9-13-25(22,23)21-11-7-17(8-12-21)24-18-6-10-19-14-20-18/h2-6,9-10,13-14,17H,7-8,11-12H2,1H3/b13-9+. The molecule has 0 atom stereocenters. The number of aryl methyl sites for hydroxylation is 1. The lowest BCUT2D eigenvalue weighted by atomic mass is 10.1. The van der Waals surface area contributed by atoms with Crippen LogP contribution in [0.4, 0.5) is 0 Å². The Morgan fingerprint density at radius 1 is 1.16 bits per heavy atom. The average molecular weight is 359 g/mol. The van der Waals surface area contributed by atoms with Crippen LogP contribution >= 0.6 is 0 Å². The van der Waals surface area contributed by atoms with Crippen LogP contribution < -0.4 is 4.74 Å². The Morgan fingerprint density at radius 2 is 1.88 bits per heavy atom. The molecule has 0 bridgehead atoms. The predicted octanol–water partition coefficient (Wildman–Crippen LogP) is 2.63. The molecule has 0 saturated carbocycles. The highest BCUT2D eigenvalue weighted by atomic mass is 32.2. The fraction of sp³-hybridized carbons (Fsp3) is 0.333. The molecule has 1 aliphatic heterocycles. The first kappa shape index (κ1) is 17.6. The van der Waals surface area contributed by atoms with Crippen LogP contribution in [0.5, 0.6) is 5.88 Å². The number of aromatic nitrogens is 2. The lowest BCUT2D eigenvalue weighted by Gasteiger charge is -2.30. The molecule has 0 N–H and O–H groups in total. The summed E-state index contributed by atoms with van der Waals surface area (Å²) >= 11 is 0. The van der Waals surface area contributed by atoms with E-state index in [9.17, 15) is 8.42 Å². The molecule has 0 aliphatic carbocycles. The van der Waals surface area contributed by atoms with Crippen LogP contribution in [0.1, 0.15) is 24.0 Å². The summed E-state index contributed by atoms with van der Waals surface area (Å²) in [6.45, 7) is 2.88. The van der Waals surface area contributed by atoms with Gasteiger partial charge in [0.05, 0.1) is 0 Å². The Balaban J connectivity index is 1.56. The summed E-state index contributed by atoms with van der Waals surface area (Å²) in [6, 6.07) is 9.43. The number of piperidine rings is 1. The first-order chi connectivity index (χ1) is 12.0. The summed E-state index contributed by atoms with van der Waals surface area (Å²) in [6.07, 6.45) is 5.95. The van der Waals surface area contributed by atoms with Gasteiger partial charge >= 0.3 is 0 Å². The van der Waals surface area contributed by atoms with E-state index in [1.54, 1.807) is 18.3 Å². The van der Waals surface area contributed by atoms with Crippen LogP contribution in [-0.2, 0) is 10.0 Å². The minimum absolute atomic E-state index is 0.0255. The summed E-state index contributed by atoms with van der Waals surface area (Å²) in [5, 5.41) is 1.28. The third-order valence-electron chi connectivity index (χ3n) is 4.11. The van der Waals surface area contributed by atoms with Crippen LogP contribution in [0.2, 0.25) is 0 Å². The van der Waals surface area contributed by atoms with Gasteiger partial charge in [-0.1, -0.05) is 29.8 Å². The van der Waals surface area contributed by atoms with E-state index in [2.05, 4.69) is 9.97 Å². The number of rotatable bonds is 5. The number of hydrogen-bond acceptors (Lipinski definition) is 5. The Labute approximate surface area is 148 Å². The summed E-state index contributed by atoms with van der Waals surface area (Å²) in [5.41, 5.74) is 2.02. The third kappa shape index (κ3) is 4.87. The van der Waals surface area contributed by atoms with Crippen molar-refractivity contribution in [3.63, 3.8) is 0 Å². The van der Waals surface area contributed by atoms with Crippen molar-refractivity contribution in [2.24, 2.45) is 0 Å². The summed E-state index contributed by atoms with van der Waals surface area (Å²) in [7, 11) is -3.42. The zero-order valence-corrected chi connectivity index (χ0v) is 14.9. The molecule has 0 radical (unpaired) electrons. The molecule has 2 heterocycles. The van der Waals surface area contributed by atoms with Gasteiger partial charge < -0.3 is 4.74 Å². The van der Waals surface area contributed by atoms with Crippen LogP contribution in [0.3, 0.4) is 0 Å². The molecule has 6 nitrogen and oxygen atoms in total. The van der Waals surface area contributed by atoms with Gasteiger partial charge in [-0.3, -0.25) is 0 Å². The predicted molar refractivity (Wildman–Crippen MR) is 96.4 cm³/mol. The summed E-state index contributed by atoms with van der Waals surface area (Å²) < 4.78 is 32.2. The molecule has 1 fully saturated rings. The van der Waals surface area contributed by atoms with Crippen molar-refractivity contribution in [3.05, 3.63) is 59.4 Å². The van der Waals surface area contributed by atoms with Crippen molar-refractivity contribution in [1.82, 2.24) is 14.3 Å². The minimum Gasteiger partial charge on any atom is -0.474 e. The third-order valence-corrected chi connectivity index (χ3v) is 5.68. The molecule has 0 spiro atoms. The molecular formula is C18H21N3O3S. The second-order valence-electron chi connectivity index (χ2n) is 6.02. The normalized spacial score (nSPS) is 17.0. The average Bonchev–Trinajstić information content (AvgIpc) is 2.63. The molecule has 2 aromatic rings. The molecule has 7 heteroatoms. The molecular weight excluding hydrogens is 338 g/mol. The van der Waals surface area contributed by atoms with Gasteiger partial charge in [-0.25, -0.2) is 18.4 Å². The molecule has 3 rings (SSSR count). The van der Waals surface area contributed by atoms with E-state index in [0.717, 1.165) is 11.1 Å². The van der Waals surface area contributed by atoms with Gasteiger partial charge in [-0.2, -0.15) is 4.31 Å². The van der Waals surface area contributed by atoms with Crippen LogP contribution in [0.15, 0.2) is 48.3 Å². The first-order valence-corrected chi connectivity index (χ1v) is 9.71. The lowest BCUT2D eigenvalue weighted by molar-refractivity contribution is 0.130. The molecule has 25 heavy (non-hydrogen) atoms. The number of sulfonamides is 1. The molecule has 132 valence electrons. The fourth-order valence-corrected chi connectivity index (χ4v) is 3.87. The highest BCUT2D eigenvalue weighted by Gasteiger charge is 2.27. The second-order valence-corrected chi connectivity index (χ2v) is 7.84. The Morgan fingerprint density at radius 3 is 2.52 bits per heavy atom. The van der Waals surface area contributed by atoms with E-state index in [4.69, 9.17) is 4.74 Å². The van der Waals surface area contributed by atoms with Gasteiger partial charge in [0.2, 0.25) is 15.9 Å². The Bertz CT molecular complexity index is 812. The fourth-order valence-electron chi connectivity index (χ4n) is 2.65. The molecule has 0 amide bonds. The first-order valence-electron chi connectivity index (χ1n) is 8.20. The Kier molecular flexibility index (Phi) is 5.45. The van der Waals surface area contributed by atoms with Crippen LogP contribution in [0.25, 0.3) is 6.08 Å².